The van der Waals surface area contributed by atoms with Gasteiger partial charge in [-0.3, -0.25) is 4.79 Å². The van der Waals surface area contributed by atoms with Crippen molar-refractivity contribution in [3.8, 4) is 0 Å². The summed E-state index contributed by atoms with van der Waals surface area (Å²) < 4.78 is 25.8. The van der Waals surface area contributed by atoms with Crippen molar-refractivity contribution in [2.75, 3.05) is 24.5 Å². The molecule has 1 aliphatic rings. The first-order valence-corrected chi connectivity index (χ1v) is 6.67. The molecule has 3 heterocycles. The average molecular weight is 295 g/mol. The van der Waals surface area contributed by atoms with Gasteiger partial charge in [-0.05, 0) is 6.92 Å². The van der Waals surface area contributed by atoms with Crippen LogP contribution < -0.4 is 10.2 Å². The van der Waals surface area contributed by atoms with E-state index in [9.17, 15) is 13.6 Å². The molecule has 2 aromatic rings. The number of carbonyl (C=O) groups excluding carboxylic acids is 1. The van der Waals surface area contributed by atoms with E-state index >= 15 is 0 Å². The maximum Gasteiger partial charge on any atom is 0.255 e. The Morgan fingerprint density at radius 3 is 3.00 bits per heavy atom. The second-order valence-electron chi connectivity index (χ2n) is 5.10. The van der Waals surface area contributed by atoms with Crippen molar-refractivity contribution in [1.82, 2.24) is 19.9 Å². The molecule has 0 aliphatic carbocycles. The lowest BCUT2D eigenvalue weighted by Crippen LogP contribution is -2.54. The number of nitrogens with one attached hydrogen (secondary N) is 1. The van der Waals surface area contributed by atoms with Crippen molar-refractivity contribution >= 4 is 17.4 Å². The summed E-state index contributed by atoms with van der Waals surface area (Å²) >= 11 is 0. The standard InChI is InChI=1S/C13H15F2N5O/c1-8-4-12(20-11(18-8)2-3-17-20)19-6-9(7-19)13(21)16-5-10(14)15/h2-4,9-10H,5-7H2,1H3,(H,16,21). The highest BCUT2D eigenvalue weighted by atomic mass is 19.3. The van der Waals surface area contributed by atoms with E-state index in [1.807, 2.05) is 24.0 Å². The highest BCUT2D eigenvalue weighted by molar-refractivity contribution is 5.81. The molecule has 1 aliphatic heterocycles. The number of amides is 1. The molecular weight excluding hydrogens is 280 g/mol. The minimum absolute atomic E-state index is 0.261. The first-order chi connectivity index (χ1) is 10.0. The summed E-state index contributed by atoms with van der Waals surface area (Å²) in [7, 11) is 0. The molecule has 3 rings (SSSR count). The average Bonchev–Trinajstić information content (AvgIpc) is 2.82. The smallest absolute Gasteiger partial charge is 0.255 e. The van der Waals surface area contributed by atoms with Crippen LogP contribution in [0.25, 0.3) is 5.65 Å². The van der Waals surface area contributed by atoms with Crippen LogP contribution in [0.15, 0.2) is 18.3 Å². The number of hydrogen-bond donors (Lipinski definition) is 1. The highest BCUT2D eigenvalue weighted by Crippen LogP contribution is 2.25. The molecule has 1 fully saturated rings. The summed E-state index contributed by atoms with van der Waals surface area (Å²) in [6.07, 6.45) is -0.852. The number of carbonyl (C=O) groups is 1. The minimum Gasteiger partial charge on any atom is -0.355 e. The summed E-state index contributed by atoms with van der Waals surface area (Å²) in [4.78, 5) is 18.0. The zero-order valence-corrected chi connectivity index (χ0v) is 11.5. The molecular formula is C13H15F2N5O. The Kier molecular flexibility index (Phi) is 3.44. The lowest BCUT2D eigenvalue weighted by Gasteiger charge is -2.39. The van der Waals surface area contributed by atoms with Gasteiger partial charge in [-0.15, -0.1) is 0 Å². The topological polar surface area (TPSA) is 62.5 Å². The monoisotopic (exact) mass is 295 g/mol. The second-order valence-corrected chi connectivity index (χ2v) is 5.10. The molecule has 6 nitrogen and oxygen atoms in total. The maximum absolute atomic E-state index is 12.1. The molecule has 0 aromatic carbocycles. The lowest BCUT2D eigenvalue weighted by molar-refractivity contribution is -0.126. The molecule has 21 heavy (non-hydrogen) atoms. The van der Waals surface area contributed by atoms with E-state index in [-0.39, 0.29) is 11.8 Å². The van der Waals surface area contributed by atoms with Gasteiger partial charge in [0, 0.05) is 30.9 Å². The van der Waals surface area contributed by atoms with E-state index < -0.39 is 13.0 Å². The Labute approximate surface area is 119 Å². The zero-order valence-electron chi connectivity index (χ0n) is 11.5. The summed E-state index contributed by atoms with van der Waals surface area (Å²) in [5.41, 5.74) is 1.61. The number of anilines is 1. The summed E-state index contributed by atoms with van der Waals surface area (Å²) in [6, 6.07) is 3.70. The van der Waals surface area contributed by atoms with E-state index in [0.29, 0.717) is 13.1 Å². The Bertz CT molecular complexity index is 666. The third-order valence-electron chi connectivity index (χ3n) is 3.48. The van der Waals surface area contributed by atoms with Crippen LogP contribution in [0.5, 0.6) is 0 Å². The van der Waals surface area contributed by atoms with Crippen LogP contribution in [0.3, 0.4) is 0 Å². The number of alkyl halides is 2. The van der Waals surface area contributed by atoms with Crippen molar-refractivity contribution in [2.24, 2.45) is 5.92 Å². The molecule has 0 unspecified atom stereocenters. The zero-order chi connectivity index (χ0) is 15.0. The molecule has 2 aromatic heterocycles. The molecule has 0 radical (unpaired) electrons. The van der Waals surface area contributed by atoms with Gasteiger partial charge < -0.3 is 10.2 Å². The van der Waals surface area contributed by atoms with Gasteiger partial charge in [0.15, 0.2) is 5.65 Å². The van der Waals surface area contributed by atoms with Crippen LogP contribution >= 0.6 is 0 Å². The fourth-order valence-corrected chi connectivity index (χ4v) is 2.40. The van der Waals surface area contributed by atoms with Crippen molar-refractivity contribution in [3.63, 3.8) is 0 Å². The van der Waals surface area contributed by atoms with Crippen molar-refractivity contribution in [2.45, 2.75) is 13.3 Å². The Hall–Kier alpha value is -2.25. The number of aromatic nitrogens is 3. The van der Waals surface area contributed by atoms with Crippen molar-refractivity contribution < 1.29 is 13.6 Å². The van der Waals surface area contributed by atoms with E-state index in [0.717, 1.165) is 17.2 Å². The molecule has 8 heteroatoms. The van der Waals surface area contributed by atoms with Crippen molar-refractivity contribution in [3.05, 3.63) is 24.0 Å². The number of halogens is 2. The Morgan fingerprint density at radius 2 is 2.29 bits per heavy atom. The minimum atomic E-state index is -2.52. The third-order valence-corrected chi connectivity index (χ3v) is 3.48. The van der Waals surface area contributed by atoms with Gasteiger partial charge in [0.05, 0.1) is 18.7 Å². The van der Waals surface area contributed by atoms with Gasteiger partial charge in [-0.2, -0.15) is 9.61 Å². The van der Waals surface area contributed by atoms with Gasteiger partial charge in [0.25, 0.3) is 6.43 Å². The van der Waals surface area contributed by atoms with Gasteiger partial charge in [0.1, 0.15) is 5.82 Å². The predicted molar refractivity (Wildman–Crippen MR) is 72.4 cm³/mol. The Morgan fingerprint density at radius 1 is 1.52 bits per heavy atom. The number of fused-ring (bicyclic) bond motifs is 1. The number of rotatable bonds is 4. The largest absolute Gasteiger partial charge is 0.355 e. The fourth-order valence-electron chi connectivity index (χ4n) is 2.40. The second kappa shape index (κ2) is 5.27. The van der Waals surface area contributed by atoms with Crippen molar-refractivity contribution in [1.29, 1.82) is 0 Å². The number of nitrogens with zero attached hydrogens (tertiary/aromatic N) is 4. The first-order valence-electron chi connectivity index (χ1n) is 6.67. The molecule has 0 saturated carbocycles. The molecule has 0 spiro atoms. The lowest BCUT2D eigenvalue weighted by atomic mass is 9.99. The van der Waals surface area contributed by atoms with Crippen LogP contribution in [0.1, 0.15) is 5.69 Å². The molecule has 1 amide bonds. The van der Waals surface area contributed by atoms with Crippen LogP contribution in [0, 0.1) is 12.8 Å². The van der Waals surface area contributed by atoms with E-state index in [1.165, 1.54) is 0 Å². The van der Waals surface area contributed by atoms with Gasteiger partial charge in [-0.25, -0.2) is 13.8 Å². The van der Waals surface area contributed by atoms with Crippen LogP contribution in [0.4, 0.5) is 14.6 Å². The quantitative estimate of drug-likeness (QED) is 0.908. The first kappa shape index (κ1) is 13.7. The normalized spacial score (nSPS) is 15.5. The fraction of sp³-hybridized carbons (Fsp3) is 0.462. The summed E-state index contributed by atoms with van der Waals surface area (Å²) in [5.74, 6) is 0.275. The third kappa shape index (κ3) is 2.65. The van der Waals surface area contributed by atoms with E-state index in [4.69, 9.17) is 0 Å². The van der Waals surface area contributed by atoms with Crippen LogP contribution in [-0.4, -0.2) is 46.6 Å². The van der Waals surface area contributed by atoms with Gasteiger partial charge >= 0.3 is 0 Å². The molecule has 1 N–H and O–H groups in total. The molecule has 112 valence electrons. The van der Waals surface area contributed by atoms with Crippen LogP contribution in [0.2, 0.25) is 0 Å². The summed E-state index contributed by atoms with van der Waals surface area (Å²) in [6.45, 7) is 2.29. The van der Waals surface area contributed by atoms with E-state index in [2.05, 4.69) is 15.4 Å². The summed E-state index contributed by atoms with van der Waals surface area (Å²) in [5, 5.41) is 6.45. The molecule has 0 atom stereocenters. The number of hydrogen-bond acceptors (Lipinski definition) is 4. The van der Waals surface area contributed by atoms with E-state index in [1.54, 1.807) is 10.7 Å². The van der Waals surface area contributed by atoms with Gasteiger partial charge in [-0.1, -0.05) is 0 Å². The maximum atomic E-state index is 12.1. The van der Waals surface area contributed by atoms with Gasteiger partial charge in [0.2, 0.25) is 5.91 Å². The molecule has 0 bridgehead atoms. The SMILES string of the molecule is Cc1cc(N2CC(C(=O)NCC(F)F)C2)n2nccc2n1. The predicted octanol–water partition coefficient (Wildman–Crippen LogP) is 0.855. The molecule has 1 saturated heterocycles. The Balaban J connectivity index is 1.68. The highest BCUT2D eigenvalue weighted by Gasteiger charge is 2.34. The van der Waals surface area contributed by atoms with Crippen LogP contribution in [-0.2, 0) is 4.79 Å². The number of aryl methyl sites for hydroxylation is 1.